The van der Waals surface area contributed by atoms with Gasteiger partial charge in [0.2, 0.25) is 5.91 Å². The standard InChI is InChI=1S/C24H25NO3/c26-23-24(15-28-22-13-17-7-2-1-6-16(17)12-20(22)24)19-9-3-4-10-21(19)25(23)14-18-8-5-11-27-18/h3-4,9-10,12-13,18H,1-2,5-8,11,14-15H2/t18-,24?/m1/s1. The van der Waals surface area contributed by atoms with E-state index in [0.29, 0.717) is 13.2 Å². The molecule has 0 radical (unpaired) electrons. The van der Waals surface area contributed by atoms with Gasteiger partial charge in [-0.2, -0.15) is 0 Å². The second kappa shape index (κ2) is 6.08. The molecular weight excluding hydrogens is 350 g/mol. The maximum atomic E-state index is 13.9. The molecule has 0 bridgehead atoms. The van der Waals surface area contributed by atoms with Gasteiger partial charge in [-0.25, -0.2) is 0 Å². The molecule has 4 nitrogen and oxygen atoms in total. The van der Waals surface area contributed by atoms with Gasteiger partial charge in [-0.15, -0.1) is 0 Å². The van der Waals surface area contributed by atoms with Crippen LogP contribution in [0.3, 0.4) is 0 Å². The molecule has 144 valence electrons. The van der Waals surface area contributed by atoms with Crippen molar-refractivity contribution < 1.29 is 14.3 Å². The highest BCUT2D eigenvalue weighted by atomic mass is 16.5. The third-order valence-corrected chi connectivity index (χ3v) is 7.02. The van der Waals surface area contributed by atoms with Crippen LogP contribution in [0.25, 0.3) is 0 Å². The second-order valence-electron chi connectivity index (χ2n) is 8.59. The number of aryl methyl sites for hydroxylation is 2. The number of benzene rings is 2. The molecule has 4 aliphatic rings. The Morgan fingerprint density at radius 3 is 2.68 bits per heavy atom. The first-order valence-corrected chi connectivity index (χ1v) is 10.6. The van der Waals surface area contributed by atoms with E-state index in [0.717, 1.165) is 54.9 Å². The van der Waals surface area contributed by atoms with Gasteiger partial charge in [0, 0.05) is 17.9 Å². The summed E-state index contributed by atoms with van der Waals surface area (Å²) in [6, 6.07) is 12.7. The van der Waals surface area contributed by atoms with Crippen molar-refractivity contribution in [2.75, 3.05) is 24.7 Å². The monoisotopic (exact) mass is 375 g/mol. The van der Waals surface area contributed by atoms with Crippen molar-refractivity contribution in [3.8, 4) is 5.75 Å². The highest BCUT2D eigenvalue weighted by molar-refractivity contribution is 6.11. The molecule has 3 heterocycles. The Hall–Kier alpha value is -2.33. The molecule has 1 fully saturated rings. The zero-order valence-electron chi connectivity index (χ0n) is 16.1. The van der Waals surface area contributed by atoms with E-state index in [9.17, 15) is 4.79 Å². The number of carbonyl (C=O) groups excluding carboxylic acids is 1. The summed E-state index contributed by atoms with van der Waals surface area (Å²) in [6.45, 7) is 1.85. The molecule has 6 rings (SSSR count). The number of rotatable bonds is 2. The molecule has 2 aromatic rings. The average molecular weight is 375 g/mol. The minimum atomic E-state index is -0.697. The SMILES string of the molecule is O=C1N(C[C@H]2CCCO2)c2ccccc2C12COc1cc3c(cc12)CCCC3. The molecule has 2 atom stereocenters. The molecular formula is C24H25NO3. The summed E-state index contributed by atoms with van der Waals surface area (Å²) in [6.07, 6.45) is 6.95. The number of nitrogens with zero attached hydrogens (tertiary/aromatic N) is 1. The lowest BCUT2D eigenvalue weighted by Gasteiger charge is -2.25. The molecule has 28 heavy (non-hydrogen) atoms. The molecule has 1 unspecified atom stereocenters. The lowest BCUT2D eigenvalue weighted by molar-refractivity contribution is -0.122. The van der Waals surface area contributed by atoms with Crippen molar-refractivity contribution >= 4 is 11.6 Å². The lowest BCUT2D eigenvalue weighted by atomic mass is 9.75. The van der Waals surface area contributed by atoms with Crippen molar-refractivity contribution in [2.45, 2.75) is 50.0 Å². The molecule has 1 amide bonds. The van der Waals surface area contributed by atoms with E-state index in [-0.39, 0.29) is 12.0 Å². The fraction of sp³-hybridized carbons (Fsp3) is 0.458. The smallest absolute Gasteiger partial charge is 0.245 e. The lowest BCUT2D eigenvalue weighted by Crippen LogP contribution is -2.45. The molecule has 0 aromatic heterocycles. The van der Waals surface area contributed by atoms with Crippen LogP contribution in [0.4, 0.5) is 5.69 Å². The minimum Gasteiger partial charge on any atom is -0.491 e. The number of para-hydroxylation sites is 1. The number of anilines is 1. The fourth-order valence-corrected chi connectivity index (χ4v) is 5.58. The van der Waals surface area contributed by atoms with Gasteiger partial charge in [0.25, 0.3) is 0 Å². The summed E-state index contributed by atoms with van der Waals surface area (Å²) >= 11 is 0. The minimum absolute atomic E-state index is 0.137. The summed E-state index contributed by atoms with van der Waals surface area (Å²) in [5, 5.41) is 0. The Labute approximate surface area is 165 Å². The molecule has 0 N–H and O–H groups in total. The van der Waals surface area contributed by atoms with Gasteiger partial charge >= 0.3 is 0 Å². The van der Waals surface area contributed by atoms with E-state index >= 15 is 0 Å². The van der Waals surface area contributed by atoms with Gasteiger partial charge in [0.15, 0.2) is 0 Å². The molecule has 1 spiro atoms. The van der Waals surface area contributed by atoms with Gasteiger partial charge in [-0.1, -0.05) is 24.3 Å². The Bertz CT molecular complexity index is 962. The van der Waals surface area contributed by atoms with Crippen LogP contribution in [-0.2, 0) is 27.8 Å². The van der Waals surface area contributed by atoms with Crippen LogP contribution < -0.4 is 9.64 Å². The summed E-state index contributed by atoms with van der Waals surface area (Å²) in [5.74, 6) is 1.06. The maximum absolute atomic E-state index is 13.9. The van der Waals surface area contributed by atoms with Crippen molar-refractivity contribution in [1.82, 2.24) is 0 Å². The molecule has 0 saturated carbocycles. The molecule has 1 saturated heterocycles. The van der Waals surface area contributed by atoms with E-state index in [4.69, 9.17) is 9.47 Å². The van der Waals surface area contributed by atoms with Gasteiger partial charge in [-0.05, 0) is 67.3 Å². The number of hydrogen-bond acceptors (Lipinski definition) is 3. The van der Waals surface area contributed by atoms with Crippen LogP contribution in [-0.4, -0.2) is 31.8 Å². The summed E-state index contributed by atoms with van der Waals surface area (Å²) in [5.41, 5.74) is 5.29. The topological polar surface area (TPSA) is 38.8 Å². The van der Waals surface area contributed by atoms with Gasteiger partial charge in [0.05, 0.1) is 12.6 Å². The van der Waals surface area contributed by atoms with Crippen LogP contribution in [0, 0.1) is 0 Å². The third-order valence-electron chi connectivity index (χ3n) is 7.02. The van der Waals surface area contributed by atoms with Gasteiger partial charge in [0.1, 0.15) is 17.8 Å². The van der Waals surface area contributed by atoms with Crippen LogP contribution >= 0.6 is 0 Å². The zero-order valence-corrected chi connectivity index (χ0v) is 16.1. The van der Waals surface area contributed by atoms with Crippen LogP contribution in [0.1, 0.15) is 47.9 Å². The molecule has 2 aromatic carbocycles. The van der Waals surface area contributed by atoms with Crippen LogP contribution in [0.15, 0.2) is 36.4 Å². The first-order chi connectivity index (χ1) is 13.8. The van der Waals surface area contributed by atoms with Crippen molar-refractivity contribution in [2.24, 2.45) is 0 Å². The Morgan fingerprint density at radius 2 is 1.86 bits per heavy atom. The van der Waals surface area contributed by atoms with Crippen LogP contribution in [0.2, 0.25) is 0 Å². The zero-order chi connectivity index (χ0) is 18.7. The van der Waals surface area contributed by atoms with Crippen molar-refractivity contribution in [1.29, 1.82) is 0 Å². The first kappa shape index (κ1) is 16.6. The number of amides is 1. The predicted molar refractivity (Wildman–Crippen MR) is 107 cm³/mol. The second-order valence-corrected chi connectivity index (χ2v) is 8.59. The Kier molecular flexibility index (Phi) is 3.61. The van der Waals surface area contributed by atoms with E-state index in [1.807, 2.05) is 17.0 Å². The Morgan fingerprint density at radius 1 is 1.04 bits per heavy atom. The van der Waals surface area contributed by atoms with Gasteiger partial charge in [-0.3, -0.25) is 4.79 Å². The van der Waals surface area contributed by atoms with E-state index in [1.54, 1.807) is 0 Å². The number of ether oxygens (including phenoxy) is 2. The van der Waals surface area contributed by atoms with Crippen LogP contribution in [0.5, 0.6) is 5.75 Å². The number of carbonyl (C=O) groups is 1. The molecule has 1 aliphatic carbocycles. The maximum Gasteiger partial charge on any atom is 0.245 e. The largest absolute Gasteiger partial charge is 0.491 e. The average Bonchev–Trinajstić information content (AvgIpc) is 3.43. The van der Waals surface area contributed by atoms with E-state index < -0.39 is 5.41 Å². The normalized spacial score (nSPS) is 27.6. The molecule has 4 heteroatoms. The molecule has 3 aliphatic heterocycles. The summed E-state index contributed by atoms with van der Waals surface area (Å²) in [4.78, 5) is 15.9. The van der Waals surface area contributed by atoms with Crippen molar-refractivity contribution in [3.63, 3.8) is 0 Å². The highest BCUT2D eigenvalue weighted by Gasteiger charge is 2.57. The third kappa shape index (κ3) is 2.18. The summed E-state index contributed by atoms with van der Waals surface area (Å²) < 4.78 is 12.0. The number of fused-ring (bicyclic) bond motifs is 5. The number of hydrogen-bond donors (Lipinski definition) is 0. The van der Waals surface area contributed by atoms with Crippen molar-refractivity contribution in [3.05, 3.63) is 58.7 Å². The van der Waals surface area contributed by atoms with Gasteiger partial charge < -0.3 is 14.4 Å². The van der Waals surface area contributed by atoms with E-state index in [1.165, 1.54) is 24.0 Å². The van der Waals surface area contributed by atoms with E-state index in [2.05, 4.69) is 24.3 Å². The quantitative estimate of drug-likeness (QED) is 0.802. The predicted octanol–water partition coefficient (Wildman–Crippen LogP) is 3.77. The first-order valence-electron chi connectivity index (χ1n) is 10.6. The fourth-order valence-electron chi connectivity index (χ4n) is 5.58. The summed E-state index contributed by atoms with van der Waals surface area (Å²) in [7, 11) is 0. The highest BCUT2D eigenvalue weighted by Crippen LogP contribution is 2.53. The Balaban J connectivity index is 1.48.